The molecule has 2 amide bonds. The van der Waals surface area contributed by atoms with Crippen molar-refractivity contribution in [3.8, 4) is 81.5 Å². The summed E-state index contributed by atoms with van der Waals surface area (Å²) in [4.78, 5) is 52.1. The SMILES string of the molecule is CC1(C)OB(c2ccc(NC(N)=O)cc2)OC1(C)C.COC(=O)Cl.COC(=O)OCc1ccc(OC)c(Oc2cccc(C#N)c2)c1.COc1ccc(C=O)cc1O.COc1ccc(C=O)cc1Oc1cccc(C#N)c1.COc1ccc(CO)cc1Oc1cccc(C#N)c1.N=Cc1cccc(I)c1.[B].[H-].[Na+]. The van der Waals surface area contributed by atoms with Crippen LogP contribution < -0.4 is 79.2 Å². The fraction of sp³-hybridized carbons (Fsp3) is 0.182. The predicted octanol–water partition coefficient (Wildman–Crippen LogP) is 12.4. The van der Waals surface area contributed by atoms with E-state index in [-0.39, 0.29) is 69.6 Å². The van der Waals surface area contributed by atoms with Crippen LogP contribution >= 0.6 is 34.2 Å². The minimum atomic E-state index is -0.773. The van der Waals surface area contributed by atoms with Crippen molar-refractivity contribution in [2.45, 2.75) is 52.1 Å². The van der Waals surface area contributed by atoms with Gasteiger partial charge in [0.2, 0.25) is 0 Å². The smallest absolute Gasteiger partial charge is 1.00 e. The molecule has 107 heavy (non-hydrogen) atoms. The average molecular weight is 1600 g/mol. The number of anilines is 1. The summed E-state index contributed by atoms with van der Waals surface area (Å²) in [7, 11) is 8.12. The van der Waals surface area contributed by atoms with Crippen LogP contribution in [0.2, 0.25) is 0 Å². The normalized spacial score (nSPS) is 11.1. The summed E-state index contributed by atoms with van der Waals surface area (Å²) in [5.74, 6) is 4.93. The number of carbonyl (C=O) groups is 5. The number of hydrogen-bond donors (Lipinski definition) is 5. The Balaban J connectivity index is 0.000000648. The second kappa shape index (κ2) is 48.1. The first-order valence-corrected chi connectivity index (χ1v) is 32.4. The molecule has 0 bridgehead atoms. The van der Waals surface area contributed by atoms with Crippen molar-refractivity contribution < 1.29 is 122 Å². The Kier molecular flexibility index (Phi) is 41.3. The zero-order valence-electron chi connectivity index (χ0n) is 61.3. The van der Waals surface area contributed by atoms with Crippen molar-refractivity contribution in [2.24, 2.45) is 5.73 Å². The van der Waals surface area contributed by atoms with E-state index in [2.05, 4.69) is 55.1 Å². The summed E-state index contributed by atoms with van der Waals surface area (Å²) in [5.41, 5.74) is 9.97. The molecule has 1 saturated heterocycles. The number of nitrogens with zero attached hydrogens (tertiary/aromatic N) is 3. The van der Waals surface area contributed by atoms with Gasteiger partial charge >= 0.3 is 54.3 Å². The molecule has 9 aromatic rings. The van der Waals surface area contributed by atoms with E-state index in [1.165, 1.54) is 51.4 Å². The summed E-state index contributed by atoms with van der Waals surface area (Å²) >= 11 is 6.83. The molecule has 1 heterocycles. The number of phenols is 1. The number of amides is 2. The second-order valence-corrected chi connectivity index (χ2v) is 23.6. The third kappa shape index (κ3) is 31.6. The molecular formula is C77H76B2ClIN6NaO19. The van der Waals surface area contributed by atoms with Crippen LogP contribution in [-0.4, -0.2) is 116 Å². The quantitative estimate of drug-likeness (QED) is 0.0133. The maximum Gasteiger partial charge on any atom is 1.00 e. The molecule has 6 N–H and O–H groups in total. The number of rotatable bonds is 18. The van der Waals surface area contributed by atoms with Gasteiger partial charge in [-0.3, -0.25) is 9.59 Å². The predicted molar refractivity (Wildman–Crippen MR) is 409 cm³/mol. The number of aliphatic hydroxyl groups is 1. The van der Waals surface area contributed by atoms with Gasteiger partial charge in [-0.15, -0.1) is 0 Å². The number of aliphatic hydroxyl groups excluding tert-OH is 1. The molecule has 30 heteroatoms. The molecule has 25 nitrogen and oxygen atoms in total. The van der Waals surface area contributed by atoms with Crippen LogP contribution in [0.1, 0.15) is 83.2 Å². The van der Waals surface area contributed by atoms with Crippen LogP contribution in [0.4, 0.5) is 20.1 Å². The van der Waals surface area contributed by atoms with Crippen LogP contribution in [0, 0.1) is 43.0 Å². The van der Waals surface area contributed by atoms with E-state index >= 15 is 0 Å². The standard InChI is InChI=1S/C17H15NO5.C15H13NO3.C15H11NO3.C13H19BN2O3.C8H8O3.C7H6IN.C2H3ClO2.B.Na.H/c1-20-15-7-6-13(11-22-17(19)21-2)9-16(15)23-14-5-3-4-12(8-14)10-18;2*1-18-14-6-5-12(10-17)8-15(14)19-13-4-2-3-11(7-13)9-16;1-12(2)13(3,4)19-14(18-12)9-5-7-10(8-6-9)16-11(15)17;1-11-8-3-2-6(5-9)4-7(8)10;8-7-3-1-2-6(4-7)5-9;1-5-2(3)4;;;/h3-9H,11H2,1-2H3;2-8,17H,10H2,1H3;2-8,10H,1H3;5-8H,1-4H3,(H3,15,16,17);2-5,10H,1H3;1-5,9H;1H3;;;/q;;;;;;;;+1;-1. The molecule has 1 aliphatic rings. The number of nitrogens with two attached hydrogens (primary N) is 1. The van der Waals surface area contributed by atoms with Crippen LogP contribution in [0.5, 0.6) is 63.2 Å². The molecule has 1 fully saturated rings. The number of hydrogen-bond acceptors (Lipinski definition) is 23. The third-order valence-electron chi connectivity index (χ3n) is 14.3. The molecule has 549 valence electrons. The number of aromatic hydroxyl groups is 1. The van der Waals surface area contributed by atoms with Crippen molar-refractivity contribution in [3.05, 3.63) is 242 Å². The van der Waals surface area contributed by atoms with Crippen molar-refractivity contribution in [2.75, 3.05) is 48.0 Å². The average Bonchev–Trinajstić information content (AvgIpc) is 1.62. The molecule has 0 unspecified atom stereocenters. The van der Waals surface area contributed by atoms with Crippen molar-refractivity contribution >= 4 is 97.3 Å². The topological polar surface area (TPSA) is 370 Å². The number of carbonyl (C=O) groups excluding carboxylic acids is 5. The van der Waals surface area contributed by atoms with Crippen molar-refractivity contribution in [3.63, 3.8) is 0 Å². The Morgan fingerprint density at radius 3 is 1.36 bits per heavy atom. The Hall–Kier alpha value is -11.1. The van der Waals surface area contributed by atoms with Gasteiger partial charge in [0.05, 0.1) is 95.4 Å². The molecule has 0 atom stereocenters. The number of ether oxygens (including phenoxy) is 10. The Morgan fingerprint density at radius 2 is 0.981 bits per heavy atom. The van der Waals surface area contributed by atoms with E-state index in [0.717, 1.165) is 22.9 Å². The number of nitrogens with one attached hydrogen (secondary N) is 2. The molecular weight excluding hydrogens is 1520 g/mol. The Morgan fingerprint density at radius 1 is 0.570 bits per heavy atom. The molecule has 0 saturated carbocycles. The molecule has 0 aliphatic carbocycles. The van der Waals surface area contributed by atoms with Gasteiger partial charge in [-0.2, -0.15) is 15.8 Å². The first-order chi connectivity index (χ1) is 50.3. The van der Waals surface area contributed by atoms with Gasteiger partial charge in [-0.25, -0.2) is 14.4 Å². The maximum absolute atomic E-state index is 11.0. The minimum absolute atomic E-state index is 0. The summed E-state index contributed by atoms with van der Waals surface area (Å²) in [6.45, 7) is 8.02. The molecule has 1 aliphatic heterocycles. The van der Waals surface area contributed by atoms with Crippen molar-refractivity contribution in [1.82, 2.24) is 0 Å². The first kappa shape index (κ1) is 92.0. The number of primary amides is 1. The van der Waals surface area contributed by atoms with E-state index in [4.69, 9.17) is 84.3 Å². The van der Waals surface area contributed by atoms with Gasteiger partial charge in [0, 0.05) is 46.6 Å². The zero-order chi connectivity index (χ0) is 77.5. The molecule has 3 radical (unpaired) electrons. The van der Waals surface area contributed by atoms with Crippen LogP contribution in [-0.2, 0) is 36.7 Å². The summed E-state index contributed by atoms with van der Waals surface area (Å²) < 4.78 is 63.8. The summed E-state index contributed by atoms with van der Waals surface area (Å²) in [6, 6.07) is 60.7. The first-order valence-electron chi connectivity index (χ1n) is 30.9. The fourth-order valence-electron chi connectivity index (χ4n) is 8.33. The summed E-state index contributed by atoms with van der Waals surface area (Å²) in [6.07, 6.45) is 1.99. The summed E-state index contributed by atoms with van der Waals surface area (Å²) in [5, 5.41) is 54.3. The minimum Gasteiger partial charge on any atom is -1.00 e. The number of urea groups is 1. The van der Waals surface area contributed by atoms with Gasteiger partial charge in [0.25, 0.3) is 0 Å². The second-order valence-electron chi connectivity index (χ2n) is 22.0. The van der Waals surface area contributed by atoms with Crippen LogP contribution in [0.3, 0.4) is 0 Å². The van der Waals surface area contributed by atoms with Gasteiger partial charge in [0.15, 0.2) is 46.0 Å². The number of methoxy groups -OCH3 is 6. The fourth-order valence-corrected chi connectivity index (χ4v) is 8.89. The van der Waals surface area contributed by atoms with E-state index in [1.807, 2.05) is 76.2 Å². The van der Waals surface area contributed by atoms with Gasteiger partial charge in [-0.05, 0) is 212 Å². The maximum atomic E-state index is 11.0. The number of benzene rings is 9. The molecule has 10 rings (SSSR count). The van der Waals surface area contributed by atoms with Crippen LogP contribution in [0.25, 0.3) is 0 Å². The monoisotopic (exact) mass is 1600 g/mol. The van der Waals surface area contributed by atoms with E-state index in [0.29, 0.717) is 103 Å². The number of aldehydes is 2. The van der Waals surface area contributed by atoms with Gasteiger partial charge in [0.1, 0.15) is 36.4 Å². The van der Waals surface area contributed by atoms with E-state index in [9.17, 15) is 24.0 Å². The van der Waals surface area contributed by atoms with Crippen LogP contribution in [0.15, 0.2) is 194 Å². The Bertz CT molecular complexity index is 4510. The molecule has 0 aromatic heterocycles. The Labute approximate surface area is 665 Å². The largest absolute Gasteiger partial charge is 1.00 e. The van der Waals surface area contributed by atoms with E-state index < -0.39 is 24.7 Å². The molecule has 0 spiro atoms. The van der Waals surface area contributed by atoms with E-state index in [1.54, 1.807) is 159 Å². The number of nitriles is 3. The third-order valence-corrected chi connectivity index (χ3v) is 15.1. The van der Waals surface area contributed by atoms with Crippen molar-refractivity contribution in [1.29, 1.82) is 21.2 Å². The zero-order valence-corrected chi connectivity index (χ0v) is 65.2. The van der Waals surface area contributed by atoms with Gasteiger partial charge < -0.3 is 84.8 Å². The number of halogens is 2. The van der Waals surface area contributed by atoms with Gasteiger partial charge in [-0.1, -0.05) is 54.6 Å². The number of phenolic OH excluding ortho intramolecular Hbond substituents is 1. The molecule has 9 aromatic carbocycles.